The molecule has 0 saturated carbocycles. The van der Waals surface area contributed by atoms with Crippen LogP contribution in [-0.2, 0) is 0 Å². The summed E-state index contributed by atoms with van der Waals surface area (Å²) >= 11 is 11.9. The summed E-state index contributed by atoms with van der Waals surface area (Å²) < 4.78 is 0. The second-order valence-electron chi connectivity index (χ2n) is 4.70. The molecule has 3 N–H and O–H groups in total. The number of hydrogen-bond acceptors (Lipinski definition) is 3. The molecule has 0 spiro atoms. The highest BCUT2D eigenvalue weighted by Gasteiger charge is 2.27. The summed E-state index contributed by atoms with van der Waals surface area (Å²) in [6, 6.07) is 0. The minimum absolute atomic E-state index is 0.0165. The van der Waals surface area contributed by atoms with E-state index in [4.69, 9.17) is 23.2 Å². The normalized spacial score (nSPS) is 24.2. The van der Waals surface area contributed by atoms with Crippen molar-refractivity contribution in [3.8, 4) is 0 Å². The Labute approximate surface area is 116 Å². The lowest BCUT2D eigenvalue weighted by Crippen LogP contribution is -2.41. The van der Waals surface area contributed by atoms with E-state index in [1.807, 2.05) is 0 Å². The fraction of sp³-hybridized carbons (Fsp3) is 0.583. The zero-order chi connectivity index (χ0) is 13.3. The van der Waals surface area contributed by atoms with Gasteiger partial charge in [0.05, 0.1) is 16.1 Å². The van der Waals surface area contributed by atoms with Gasteiger partial charge in [-0.15, -0.1) is 0 Å². The Morgan fingerprint density at radius 2 is 2.17 bits per heavy atom. The van der Waals surface area contributed by atoms with E-state index < -0.39 is 6.10 Å². The maximum atomic E-state index is 12.1. The number of nitrogens with one attached hydrogen (secondary N) is 2. The molecule has 1 fully saturated rings. The third-order valence-corrected chi connectivity index (χ3v) is 4.32. The predicted molar refractivity (Wildman–Crippen MR) is 71.5 cm³/mol. The van der Waals surface area contributed by atoms with Crippen molar-refractivity contribution in [2.45, 2.75) is 25.9 Å². The van der Waals surface area contributed by atoms with E-state index in [-0.39, 0.29) is 16.7 Å². The Morgan fingerprint density at radius 1 is 1.44 bits per heavy atom. The van der Waals surface area contributed by atoms with Crippen LogP contribution < -0.4 is 5.32 Å². The number of β-amino-alcohol motifs (C(OH)–C–C–N with tert-alkyl or cyclic N) is 1. The second kappa shape index (κ2) is 5.61. The molecule has 0 radical (unpaired) electrons. The van der Waals surface area contributed by atoms with Crippen molar-refractivity contribution in [2.24, 2.45) is 5.92 Å². The Kier molecular flexibility index (Phi) is 4.33. The minimum atomic E-state index is -0.479. The van der Waals surface area contributed by atoms with Gasteiger partial charge in [0.2, 0.25) is 0 Å². The summed E-state index contributed by atoms with van der Waals surface area (Å²) in [5, 5.41) is 13.6. The van der Waals surface area contributed by atoms with Gasteiger partial charge in [-0.25, -0.2) is 0 Å². The van der Waals surface area contributed by atoms with E-state index >= 15 is 0 Å². The summed E-state index contributed by atoms with van der Waals surface area (Å²) in [6.07, 6.45) is 0.601. The molecule has 2 atom stereocenters. The fourth-order valence-corrected chi connectivity index (χ4v) is 2.67. The van der Waals surface area contributed by atoms with Gasteiger partial charge < -0.3 is 15.4 Å². The van der Waals surface area contributed by atoms with Gasteiger partial charge in [0.1, 0.15) is 5.69 Å². The maximum absolute atomic E-state index is 12.1. The highest BCUT2D eigenvalue weighted by Crippen LogP contribution is 2.31. The molecule has 0 amide bonds. The van der Waals surface area contributed by atoms with Crippen LogP contribution in [0.4, 0.5) is 0 Å². The van der Waals surface area contributed by atoms with Gasteiger partial charge in [-0.2, -0.15) is 0 Å². The maximum Gasteiger partial charge on any atom is 0.180 e. The average Bonchev–Trinajstić information content (AvgIpc) is 2.60. The first-order valence-corrected chi connectivity index (χ1v) is 6.71. The number of aromatic nitrogens is 1. The van der Waals surface area contributed by atoms with Crippen LogP contribution in [0.15, 0.2) is 0 Å². The molecule has 2 rings (SSSR count). The summed E-state index contributed by atoms with van der Waals surface area (Å²) in [6.45, 7) is 3.13. The summed E-state index contributed by atoms with van der Waals surface area (Å²) in [5.74, 6) is -0.113. The van der Waals surface area contributed by atoms with Crippen molar-refractivity contribution >= 4 is 29.0 Å². The number of rotatable bonds is 3. The lowest BCUT2D eigenvalue weighted by atomic mass is 9.89. The Balaban J connectivity index is 2.09. The van der Waals surface area contributed by atoms with Gasteiger partial charge in [0.25, 0.3) is 0 Å². The van der Waals surface area contributed by atoms with Gasteiger partial charge in [0, 0.05) is 18.7 Å². The average molecular weight is 291 g/mol. The van der Waals surface area contributed by atoms with Gasteiger partial charge in [0.15, 0.2) is 5.78 Å². The number of aliphatic hydroxyl groups is 1. The third-order valence-electron chi connectivity index (χ3n) is 3.37. The Hall–Kier alpha value is -0.550. The SMILES string of the molecule is Cc1[nH]c(C(=O)C[C@@H]2CCNC[C@H]2O)c(Cl)c1Cl. The molecule has 1 aliphatic heterocycles. The number of ketones is 1. The van der Waals surface area contributed by atoms with Gasteiger partial charge in [-0.1, -0.05) is 23.2 Å². The van der Waals surface area contributed by atoms with Crippen molar-refractivity contribution in [1.82, 2.24) is 10.3 Å². The van der Waals surface area contributed by atoms with Crippen molar-refractivity contribution in [2.75, 3.05) is 13.1 Å². The summed E-state index contributed by atoms with van der Waals surface area (Å²) in [4.78, 5) is 15.0. The number of aryl methyl sites for hydroxylation is 1. The first-order chi connectivity index (χ1) is 8.50. The van der Waals surface area contributed by atoms with Gasteiger partial charge in [-0.3, -0.25) is 4.79 Å². The number of piperidine rings is 1. The molecule has 2 heterocycles. The van der Waals surface area contributed by atoms with Gasteiger partial charge >= 0.3 is 0 Å². The molecule has 1 aliphatic rings. The van der Waals surface area contributed by atoms with Crippen molar-refractivity contribution in [1.29, 1.82) is 0 Å². The molecule has 0 unspecified atom stereocenters. The summed E-state index contributed by atoms with van der Waals surface area (Å²) in [7, 11) is 0. The van der Waals surface area contributed by atoms with E-state index in [1.165, 1.54) is 0 Å². The number of aliphatic hydroxyl groups excluding tert-OH is 1. The molecule has 18 heavy (non-hydrogen) atoms. The smallest absolute Gasteiger partial charge is 0.180 e. The Bertz CT molecular complexity index is 459. The molecule has 1 aromatic heterocycles. The van der Waals surface area contributed by atoms with Crippen molar-refractivity contribution in [3.05, 3.63) is 21.4 Å². The van der Waals surface area contributed by atoms with Crippen LogP contribution in [0, 0.1) is 12.8 Å². The predicted octanol–water partition coefficient (Wildman–Crippen LogP) is 2.17. The Morgan fingerprint density at radius 3 is 2.72 bits per heavy atom. The van der Waals surface area contributed by atoms with Crippen molar-refractivity contribution in [3.63, 3.8) is 0 Å². The molecule has 0 aromatic carbocycles. The second-order valence-corrected chi connectivity index (χ2v) is 5.46. The minimum Gasteiger partial charge on any atom is -0.392 e. The lowest BCUT2D eigenvalue weighted by Gasteiger charge is -2.27. The highest BCUT2D eigenvalue weighted by atomic mass is 35.5. The van der Waals surface area contributed by atoms with E-state index in [1.54, 1.807) is 6.92 Å². The molecule has 1 aromatic rings. The zero-order valence-electron chi connectivity index (χ0n) is 10.1. The number of carbonyl (C=O) groups is 1. The highest BCUT2D eigenvalue weighted by molar-refractivity contribution is 6.44. The van der Waals surface area contributed by atoms with E-state index in [9.17, 15) is 9.90 Å². The van der Waals surface area contributed by atoms with Crippen LogP contribution in [0.25, 0.3) is 0 Å². The molecule has 100 valence electrons. The molecule has 4 nitrogen and oxygen atoms in total. The number of H-pyrrole nitrogens is 1. The lowest BCUT2D eigenvalue weighted by molar-refractivity contribution is 0.0661. The molecule has 6 heteroatoms. The molecule has 1 saturated heterocycles. The van der Waals surface area contributed by atoms with Crippen LogP contribution in [0.5, 0.6) is 0 Å². The van der Waals surface area contributed by atoms with Crippen LogP contribution >= 0.6 is 23.2 Å². The number of halogens is 2. The monoisotopic (exact) mass is 290 g/mol. The topological polar surface area (TPSA) is 65.1 Å². The first-order valence-electron chi connectivity index (χ1n) is 5.96. The van der Waals surface area contributed by atoms with Gasteiger partial charge in [-0.05, 0) is 25.8 Å². The largest absolute Gasteiger partial charge is 0.392 e. The molecular weight excluding hydrogens is 275 g/mol. The zero-order valence-corrected chi connectivity index (χ0v) is 11.6. The summed E-state index contributed by atoms with van der Waals surface area (Å²) in [5.41, 5.74) is 1.04. The molecule has 0 bridgehead atoms. The molecular formula is C12H16Cl2N2O2. The van der Waals surface area contributed by atoms with Crippen LogP contribution in [0.1, 0.15) is 29.0 Å². The van der Waals surface area contributed by atoms with E-state index in [0.29, 0.717) is 29.4 Å². The fourth-order valence-electron chi connectivity index (χ4n) is 2.24. The first kappa shape index (κ1) is 13.9. The number of Topliss-reactive ketones (excluding diaryl/α,β-unsaturated/α-hetero) is 1. The van der Waals surface area contributed by atoms with Crippen molar-refractivity contribution < 1.29 is 9.90 Å². The van der Waals surface area contributed by atoms with E-state index in [0.717, 1.165) is 13.0 Å². The number of carbonyl (C=O) groups excluding carboxylic acids is 1. The quantitative estimate of drug-likeness (QED) is 0.748. The van der Waals surface area contributed by atoms with E-state index in [2.05, 4.69) is 10.3 Å². The van der Waals surface area contributed by atoms with Crippen LogP contribution in [0.2, 0.25) is 10.0 Å². The number of aromatic amines is 1. The third kappa shape index (κ3) is 2.72. The molecule has 0 aliphatic carbocycles. The van der Waals surface area contributed by atoms with Crippen LogP contribution in [0.3, 0.4) is 0 Å². The standard InChI is InChI=1S/C12H16Cl2N2O2/c1-6-10(13)11(14)12(16-6)8(17)4-7-2-3-15-5-9(7)18/h7,9,15-16,18H,2-5H2,1H3/t7-,9+/m0/s1. The number of hydrogen-bond donors (Lipinski definition) is 3. The van der Waals surface area contributed by atoms with Crippen LogP contribution in [-0.4, -0.2) is 35.1 Å².